The summed E-state index contributed by atoms with van der Waals surface area (Å²) in [5.41, 5.74) is 5.44. The Morgan fingerprint density at radius 2 is 1.17 bits per heavy atom. The molecule has 4 aromatic rings. The molecular weight excluding hydrogens is 579 g/mol. The lowest BCUT2D eigenvalue weighted by atomic mass is 10.1. The number of ether oxygens (including phenoxy) is 2. The molecule has 0 spiro atoms. The molecule has 3 N–H and O–H groups in total. The SMILES string of the molecule is CNCc1ccc(C(F)(F)F)c(Oc2ccc(S(=O)(=O)c3ccc(Oc4cc(CN)ccc4C(C)(F)F)cc3)cc2)c1. The average Bonchev–Trinajstić information content (AvgIpc) is 2.92. The number of nitrogens with two attached hydrogens (primary N) is 1. The third-order valence-electron chi connectivity index (χ3n) is 6.21. The molecule has 0 unspecified atom stereocenters. The van der Waals surface area contributed by atoms with Crippen LogP contribution in [0.15, 0.2) is 94.7 Å². The van der Waals surface area contributed by atoms with Crippen molar-refractivity contribution in [3.8, 4) is 23.0 Å². The second kappa shape index (κ2) is 12.1. The molecule has 4 aromatic carbocycles. The van der Waals surface area contributed by atoms with Crippen molar-refractivity contribution in [3.05, 3.63) is 107 Å². The van der Waals surface area contributed by atoms with E-state index < -0.39 is 33.2 Å². The summed E-state index contributed by atoms with van der Waals surface area (Å²) in [5.74, 6) is -3.58. The van der Waals surface area contributed by atoms with Crippen LogP contribution >= 0.6 is 0 Å². The summed E-state index contributed by atoms with van der Waals surface area (Å²) in [6, 6.07) is 17.8. The van der Waals surface area contributed by atoms with Gasteiger partial charge in [0.2, 0.25) is 9.84 Å². The Hall–Kier alpha value is -4.00. The van der Waals surface area contributed by atoms with Gasteiger partial charge in [0.1, 0.15) is 23.0 Å². The first-order chi connectivity index (χ1) is 19.7. The van der Waals surface area contributed by atoms with E-state index in [2.05, 4.69) is 5.32 Å². The summed E-state index contributed by atoms with van der Waals surface area (Å²) < 4.78 is 106. The second-order valence-corrected chi connectivity index (χ2v) is 11.4. The summed E-state index contributed by atoms with van der Waals surface area (Å²) in [7, 11) is -2.39. The molecule has 12 heteroatoms. The largest absolute Gasteiger partial charge is 0.457 e. The first kappa shape index (κ1) is 30.9. The van der Waals surface area contributed by atoms with Crippen molar-refractivity contribution in [3.63, 3.8) is 0 Å². The molecule has 0 radical (unpaired) electrons. The molecule has 0 fully saturated rings. The van der Waals surface area contributed by atoms with Crippen LogP contribution in [0.1, 0.15) is 29.2 Å². The predicted molar refractivity (Wildman–Crippen MR) is 147 cm³/mol. The van der Waals surface area contributed by atoms with Crippen molar-refractivity contribution >= 4 is 9.84 Å². The molecule has 0 amide bonds. The molecule has 0 atom stereocenters. The van der Waals surface area contributed by atoms with E-state index >= 15 is 0 Å². The van der Waals surface area contributed by atoms with Crippen LogP contribution in [-0.4, -0.2) is 15.5 Å². The van der Waals surface area contributed by atoms with Crippen LogP contribution in [0, 0.1) is 0 Å². The Balaban J connectivity index is 1.55. The third kappa shape index (κ3) is 7.07. The quantitative estimate of drug-likeness (QED) is 0.183. The number of halogens is 5. The maximum absolute atomic E-state index is 14.1. The summed E-state index contributed by atoms with van der Waals surface area (Å²) in [6.45, 7) is 1.17. The number of benzene rings is 4. The van der Waals surface area contributed by atoms with E-state index in [-0.39, 0.29) is 39.1 Å². The highest BCUT2D eigenvalue weighted by molar-refractivity contribution is 7.91. The summed E-state index contributed by atoms with van der Waals surface area (Å²) in [5, 5.41) is 2.86. The van der Waals surface area contributed by atoms with E-state index in [4.69, 9.17) is 15.2 Å². The molecular formula is C30H27F5N2O4S. The molecule has 0 heterocycles. The highest BCUT2D eigenvalue weighted by Gasteiger charge is 2.35. The van der Waals surface area contributed by atoms with Gasteiger partial charge in [-0.1, -0.05) is 12.1 Å². The monoisotopic (exact) mass is 606 g/mol. The minimum Gasteiger partial charge on any atom is -0.457 e. The van der Waals surface area contributed by atoms with Crippen LogP contribution in [-0.2, 0) is 35.0 Å². The topological polar surface area (TPSA) is 90.6 Å². The van der Waals surface area contributed by atoms with Crippen LogP contribution in [0.25, 0.3) is 0 Å². The van der Waals surface area contributed by atoms with E-state index in [1.165, 1.54) is 78.9 Å². The maximum atomic E-state index is 14.1. The number of nitrogens with one attached hydrogen (secondary N) is 1. The molecule has 0 aliphatic rings. The van der Waals surface area contributed by atoms with Crippen LogP contribution in [0.5, 0.6) is 23.0 Å². The van der Waals surface area contributed by atoms with E-state index in [0.29, 0.717) is 17.7 Å². The average molecular weight is 607 g/mol. The fourth-order valence-corrected chi connectivity index (χ4v) is 5.36. The predicted octanol–water partition coefficient (Wildman–Crippen LogP) is 7.41. The van der Waals surface area contributed by atoms with Gasteiger partial charge < -0.3 is 20.5 Å². The van der Waals surface area contributed by atoms with Crippen molar-refractivity contribution in [1.29, 1.82) is 0 Å². The summed E-state index contributed by atoms with van der Waals surface area (Å²) in [4.78, 5) is -0.244. The van der Waals surface area contributed by atoms with Crippen LogP contribution < -0.4 is 20.5 Å². The number of hydrogen-bond donors (Lipinski definition) is 2. The lowest BCUT2D eigenvalue weighted by molar-refractivity contribution is -0.138. The molecule has 42 heavy (non-hydrogen) atoms. The molecule has 0 aromatic heterocycles. The van der Waals surface area contributed by atoms with Gasteiger partial charge in [-0.25, -0.2) is 17.2 Å². The van der Waals surface area contributed by atoms with E-state index in [0.717, 1.165) is 13.0 Å². The zero-order valence-corrected chi connectivity index (χ0v) is 23.3. The van der Waals surface area contributed by atoms with Gasteiger partial charge in [0, 0.05) is 20.0 Å². The zero-order valence-electron chi connectivity index (χ0n) is 22.5. The highest BCUT2D eigenvalue weighted by Crippen LogP contribution is 2.40. The van der Waals surface area contributed by atoms with E-state index in [9.17, 15) is 30.4 Å². The minimum absolute atomic E-state index is 0.00745. The van der Waals surface area contributed by atoms with Gasteiger partial charge in [-0.05, 0) is 91.0 Å². The third-order valence-corrected chi connectivity index (χ3v) is 8.00. The Morgan fingerprint density at radius 1 is 0.714 bits per heavy atom. The minimum atomic E-state index is -4.65. The molecule has 0 aliphatic heterocycles. The Kier molecular flexibility index (Phi) is 8.90. The summed E-state index contributed by atoms with van der Waals surface area (Å²) >= 11 is 0. The van der Waals surface area contributed by atoms with Crippen molar-refractivity contribution in [2.45, 2.75) is 41.9 Å². The molecule has 222 valence electrons. The van der Waals surface area contributed by atoms with Gasteiger partial charge in [0.25, 0.3) is 5.92 Å². The first-order valence-corrected chi connectivity index (χ1v) is 14.1. The lowest BCUT2D eigenvalue weighted by Crippen LogP contribution is -2.10. The Morgan fingerprint density at radius 3 is 1.62 bits per heavy atom. The van der Waals surface area contributed by atoms with Gasteiger partial charge in [0.15, 0.2) is 0 Å². The number of alkyl halides is 5. The fraction of sp³-hybridized carbons (Fsp3) is 0.200. The van der Waals surface area contributed by atoms with Crippen molar-refractivity contribution in [2.24, 2.45) is 5.73 Å². The van der Waals surface area contributed by atoms with Gasteiger partial charge in [-0.15, -0.1) is 0 Å². The van der Waals surface area contributed by atoms with Gasteiger partial charge in [-0.3, -0.25) is 0 Å². The number of sulfone groups is 1. The Bertz CT molecular complexity index is 1650. The molecule has 0 bridgehead atoms. The van der Waals surface area contributed by atoms with Crippen molar-refractivity contribution in [1.82, 2.24) is 5.32 Å². The highest BCUT2D eigenvalue weighted by atomic mass is 32.2. The van der Waals surface area contributed by atoms with Gasteiger partial charge >= 0.3 is 6.18 Å². The van der Waals surface area contributed by atoms with Crippen LogP contribution in [0.3, 0.4) is 0 Å². The standard InChI is InChI=1S/C30H27F5N2O4S/c1-29(31,32)25-13-3-19(17-36)15-27(25)40-21-5-9-23(10-6-21)42(38,39)24-11-7-22(8-12-24)41-28-16-20(18-37-2)4-14-26(28)30(33,34)35/h3-16,37H,17-18,36H2,1-2H3. The van der Waals surface area contributed by atoms with Gasteiger partial charge in [0.05, 0.1) is 20.9 Å². The fourth-order valence-electron chi connectivity index (χ4n) is 4.10. The van der Waals surface area contributed by atoms with Crippen LogP contribution in [0.4, 0.5) is 22.0 Å². The maximum Gasteiger partial charge on any atom is 0.419 e. The molecule has 0 saturated carbocycles. The number of rotatable bonds is 10. The zero-order chi connectivity index (χ0) is 30.7. The van der Waals surface area contributed by atoms with Crippen molar-refractivity contribution < 1.29 is 39.8 Å². The number of hydrogen-bond acceptors (Lipinski definition) is 6. The van der Waals surface area contributed by atoms with E-state index in [1.54, 1.807) is 7.05 Å². The normalized spacial score (nSPS) is 12.3. The summed E-state index contributed by atoms with van der Waals surface area (Å²) in [6.07, 6.45) is -4.65. The first-order valence-electron chi connectivity index (χ1n) is 12.6. The molecule has 0 aliphatic carbocycles. The van der Waals surface area contributed by atoms with Crippen molar-refractivity contribution in [2.75, 3.05) is 7.05 Å². The second-order valence-electron chi connectivity index (χ2n) is 9.43. The Labute approximate surface area is 239 Å². The van der Waals surface area contributed by atoms with Crippen LogP contribution in [0.2, 0.25) is 0 Å². The smallest absolute Gasteiger partial charge is 0.419 e. The lowest BCUT2D eigenvalue weighted by Gasteiger charge is -2.17. The molecule has 4 rings (SSSR count). The molecule has 0 saturated heterocycles. The van der Waals surface area contributed by atoms with Gasteiger partial charge in [-0.2, -0.15) is 13.2 Å². The molecule has 6 nitrogen and oxygen atoms in total. The van der Waals surface area contributed by atoms with E-state index in [1.807, 2.05) is 0 Å².